The number of amides is 1. The van der Waals surface area contributed by atoms with Gasteiger partial charge in [0.25, 0.3) is 5.69 Å². The van der Waals surface area contributed by atoms with Crippen LogP contribution in [0, 0.1) is 10.1 Å². The molecule has 0 aliphatic rings. The topological polar surface area (TPSA) is 72.2 Å². The number of anilines is 1. The van der Waals surface area contributed by atoms with Crippen LogP contribution in [0.1, 0.15) is 6.92 Å². The van der Waals surface area contributed by atoms with Gasteiger partial charge in [0.05, 0.1) is 9.75 Å². The molecule has 0 bridgehead atoms. The smallest absolute Gasteiger partial charge is 0.292 e. The molecule has 7 heteroatoms. The van der Waals surface area contributed by atoms with Crippen LogP contribution in [-0.4, -0.2) is 15.7 Å². The Hall–Kier alpha value is -1.14. The number of benzene rings is 1. The minimum atomic E-state index is -0.579. The zero-order valence-electron chi connectivity index (χ0n) is 8.24. The highest BCUT2D eigenvalue weighted by molar-refractivity contribution is 9.10. The van der Waals surface area contributed by atoms with Crippen molar-refractivity contribution < 1.29 is 9.72 Å². The van der Waals surface area contributed by atoms with Gasteiger partial charge in [0.1, 0.15) is 5.69 Å². The second kappa shape index (κ2) is 5.27. The van der Waals surface area contributed by atoms with Gasteiger partial charge in [-0.1, -0.05) is 27.5 Å². The van der Waals surface area contributed by atoms with Crippen molar-refractivity contribution in [2.24, 2.45) is 0 Å². The zero-order valence-corrected chi connectivity index (χ0v) is 10.6. The van der Waals surface area contributed by atoms with E-state index in [9.17, 15) is 14.9 Å². The molecule has 0 fully saturated rings. The molecule has 0 saturated heterocycles. The number of nitrogens with one attached hydrogen (secondary N) is 1. The van der Waals surface area contributed by atoms with Gasteiger partial charge in [0.2, 0.25) is 5.91 Å². The minimum absolute atomic E-state index is 0.0915. The van der Waals surface area contributed by atoms with E-state index < -0.39 is 9.75 Å². The van der Waals surface area contributed by atoms with Gasteiger partial charge in [-0.2, -0.15) is 0 Å². The largest absolute Gasteiger partial charge is 0.319 e. The van der Waals surface area contributed by atoms with Crippen LogP contribution in [0.3, 0.4) is 0 Å². The van der Waals surface area contributed by atoms with Gasteiger partial charge in [0.15, 0.2) is 0 Å². The molecule has 1 rings (SSSR count). The average molecular weight is 308 g/mol. The summed E-state index contributed by atoms with van der Waals surface area (Å²) in [6.45, 7) is 1.62. The van der Waals surface area contributed by atoms with Crippen molar-refractivity contribution in [3.8, 4) is 0 Å². The Labute approximate surface area is 105 Å². The van der Waals surface area contributed by atoms with Crippen LogP contribution in [0.25, 0.3) is 0 Å². The molecule has 1 unspecified atom stereocenters. The highest BCUT2D eigenvalue weighted by Crippen LogP contribution is 2.27. The highest BCUT2D eigenvalue weighted by atomic mass is 79.9. The summed E-state index contributed by atoms with van der Waals surface area (Å²) in [5, 5.41) is 13.4. The van der Waals surface area contributed by atoms with Crippen molar-refractivity contribution in [3.05, 3.63) is 33.3 Å². The maximum atomic E-state index is 11.4. The van der Waals surface area contributed by atoms with Crippen molar-refractivity contribution in [1.82, 2.24) is 0 Å². The maximum absolute atomic E-state index is 11.4. The van der Waals surface area contributed by atoms with E-state index in [2.05, 4.69) is 21.2 Å². The molecule has 1 aromatic carbocycles. The lowest BCUT2D eigenvalue weighted by molar-refractivity contribution is -0.383. The molecule has 0 aliphatic heterocycles. The van der Waals surface area contributed by atoms with E-state index in [1.54, 1.807) is 6.92 Å². The first kappa shape index (κ1) is 12.9. The van der Waals surface area contributed by atoms with Gasteiger partial charge in [-0.25, -0.2) is 0 Å². The van der Waals surface area contributed by atoms with Crippen molar-refractivity contribution in [2.45, 2.75) is 11.8 Å². The number of carbonyl (C=O) groups is 1. The number of nitrogens with zero attached hydrogens (tertiary/aromatic N) is 1. The lowest BCUT2D eigenvalue weighted by atomic mass is 10.2. The molecule has 0 heterocycles. The van der Waals surface area contributed by atoms with E-state index in [-0.39, 0.29) is 17.3 Å². The molecule has 5 nitrogen and oxygen atoms in total. The summed E-state index contributed by atoms with van der Waals surface area (Å²) in [7, 11) is 0. The number of nitro benzene ring substituents is 1. The molecular weight excluding hydrogens is 299 g/mol. The molecule has 86 valence electrons. The van der Waals surface area contributed by atoms with Crippen LogP contribution in [0.5, 0.6) is 0 Å². The van der Waals surface area contributed by atoms with Gasteiger partial charge < -0.3 is 5.32 Å². The monoisotopic (exact) mass is 306 g/mol. The van der Waals surface area contributed by atoms with E-state index >= 15 is 0 Å². The van der Waals surface area contributed by atoms with E-state index in [0.717, 1.165) is 0 Å². The second-order valence-corrected chi connectivity index (χ2v) is 4.83. The van der Waals surface area contributed by atoms with Crippen LogP contribution in [0.15, 0.2) is 18.2 Å². The quantitative estimate of drug-likeness (QED) is 0.530. The van der Waals surface area contributed by atoms with Gasteiger partial charge >= 0.3 is 0 Å². The fourth-order valence-corrected chi connectivity index (χ4v) is 1.29. The van der Waals surface area contributed by atoms with E-state index in [1.165, 1.54) is 18.2 Å². The summed E-state index contributed by atoms with van der Waals surface area (Å²) in [4.78, 5) is 21.0. The third kappa shape index (κ3) is 3.18. The number of alkyl halides is 1. The minimum Gasteiger partial charge on any atom is -0.319 e. The number of hydrogen-bond acceptors (Lipinski definition) is 3. The predicted molar refractivity (Wildman–Crippen MR) is 65.1 cm³/mol. The molecular formula is C9H8BrClN2O3. The van der Waals surface area contributed by atoms with E-state index in [4.69, 9.17) is 11.6 Å². The zero-order chi connectivity index (χ0) is 12.3. The highest BCUT2D eigenvalue weighted by Gasteiger charge is 2.17. The van der Waals surface area contributed by atoms with Crippen molar-refractivity contribution in [2.75, 3.05) is 5.32 Å². The Kier molecular flexibility index (Phi) is 4.26. The molecule has 1 aromatic rings. The third-order valence-corrected chi connectivity index (χ3v) is 2.43. The van der Waals surface area contributed by atoms with Crippen molar-refractivity contribution in [3.63, 3.8) is 0 Å². The third-order valence-electron chi connectivity index (χ3n) is 1.77. The molecule has 0 aromatic heterocycles. The van der Waals surface area contributed by atoms with Crippen molar-refractivity contribution >= 4 is 44.8 Å². The van der Waals surface area contributed by atoms with Gasteiger partial charge in [-0.3, -0.25) is 14.9 Å². The van der Waals surface area contributed by atoms with Crippen LogP contribution in [0.4, 0.5) is 11.4 Å². The van der Waals surface area contributed by atoms with E-state index in [1.807, 2.05) is 0 Å². The number of nitro groups is 1. The summed E-state index contributed by atoms with van der Waals surface area (Å²) in [6.07, 6.45) is 0. The Balaban J connectivity index is 3.06. The molecule has 1 N–H and O–H groups in total. The Morgan fingerprint density at radius 2 is 2.25 bits per heavy atom. The Morgan fingerprint density at radius 3 is 2.75 bits per heavy atom. The predicted octanol–water partition coefficient (Wildman–Crippen LogP) is 2.97. The average Bonchev–Trinajstić information content (AvgIpc) is 2.16. The summed E-state index contributed by atoms with van der Waals surface area (Å²) in [5.74, 6) is -0.370. The molecule has 1 atom stereocenters. The fraction of sp³-hybridized carbons (Fsp3) is 0.222. The Bertz CT molecular complexity index is 437. The number of rotatable bonds is 3. The Morgan fingerprint density at radius 1 is 1.62 bits per heavy atom. The molecule has 0 saturated carbocycles. The second-order valence-electron chi connectivity index (χ2n) is 3.02. The summed E-state index contributed by atoms with van der Waals surface area (Å²) >= 11 is 8.76. The summed E-state index contributed by atoms with van der Waals surface area (Å²) < 4.78 is 0. The molecule has 0 radical (unpaired) electrons. The molecule has 16 heavy (non-hydrogen) atoms. The number of hydrogen-bond donors (Lipinski definition) is 1. The SMILES string of the molecule is CC(Br)C(=O)Nc1cc(Cl)ccc1[N+](=O)[O-]. The van der Waals surface area contributed by atoms with Gasteiger partial charge in [0, 0.05) is 11.1 Å². The van der Waals surface area contributed by atoms with Crippen LogP contribution in [-0.2, 0) is 4.79 Å². The van der Waals surface area contributed by atoms with Gasteiger partial charge in [-0.05, 0) is 19.1 Å². The molecule has 0 aliphatic carbocycles. The standard InChI is InChI=1S/C9H8BrClN2O3/c1-5(10)9(14)12-7-4-6(11)2-3-8(7)13(15)16/h2-5H,1H3,(H,12,14). The van der Waals surface area contributed by atoms with Crippen molar-refractivity contribution in [1.29, 1.82) is 0 Å². The van der Waals surface area contributed by atoms with Crippen LogP contribution in [0.2, 0.25) is 5.02 Å². The summed E-state index contributed by atoms with van der Waals surface area (Å²) in [6, 6.07) is 3.98. The first-order valence-corrected chi connectivity index (χ1v) is 5.60. The first-order valence-electron chi connectivity index (χ1n) is 4.30. The lowest BCUT2D eigenvalue weighted by Crippen LogP contribution is -2.20. The summed E-state index contributed by atoms with van der Waals surface area (Å²) in [5.41, 5.74) is -0.0975. The number of halogens is 2. The maximum Gasteiger partial charge on any atom is 0.292 e. The normalized spacial score (nSPS) is 11.9. The van der Waals surface area contributed by atoms with Crippen LogP contribution >= 0.6 is 27.5 Å². The lowest BCUT2D eigenvalue weighted by Gasteiger charge is -2.07. The van der Waals surface area contributed by atoms with Gasteiger partial charge in [-0.15, -0.1) is 0 Å². The fourth-order valence-electron chi connectivity index (χ4n) is 1.000. The van der Waals surface area contributed by atoms with Crippen LogP contribution < -0.4 is 5.32 Å². The number of carbonyl (C=O) groups excluding carboxylic acids is 1. The first-order chi connectivity index (χ1) is 7.41. The molecule has 1 amide bonds. The molecule has 0 spiro atoms. The van der Waals surface area contributed by atoms with E-state index in [0.29, 0.717) is 5.02 Å².